The first-order chi connectivity index (χ1) is 16.0. The Hall–Kier alpha value is -4.11. The van der Waals surface area contributed by atoms with Gasteiger partial charge in [-0.25, -0.2) is 4.39 Å². The quantitative estimate of drug-likeness (QED) is 0.501. The van der Waals surface area contributed by atoms with Crippen molar-refractivity contribution in [2.24, 2.45) is 5.73 Å². The van der Waals surface area contributed by atoms with Crippen molar-refractivity contribution in [3.8, 4) is 11.3 Å². The minimum Gasteiger partial charge on any atom is -0.368 e. The second-order valence-corrected chi connectivity index (χ2v) is 7.76. The Kier molecular flexibility index (Phi) is 5.31. The molecule has 166 valence electrons. The number of carbonyl (C=O) groups is 2. The summed E-state index contributed by atoms with van der Waals surface area (Å²) in [5.74, 6) is -1.07. The fourth-order valence-electron chi connectivity index (χ4n) is 3.98. The largest absolute Gasteiger partial charge is 0.368 e. The number of hydrogen-bond donors (Lipinski definition) is 2. The smallest absolute Gasteiger partial charge is 0.270 e. The third-order valence-corrected chi connectivity index (χ3v) is 5.64. The number of aromatic nitrogens is 3. The number of aromatic amines is 1. The molecule has 2 aromatic carbocycles. The van der Waals surface area contributed by atoms with E-state index in [0.717, 1.165) is 10.9 Å². The van der Waals surface area contributed by atoms with Crippen molar-refractivity contribution >= 4 is 22.7 Å². The number of nitrogens with two attached hydrogens (primary N) is 1. The van der Waals surface area contributed by atoms with Crippen molar-refractivity contribution in [3.05, 3.63) is 83.7 Å². The van der Waals surface area contributed by atoms with Crippen molar-refractivity contribution in [2.45, 2.75) is 6.10 Å². The number of benzene rings is 2. The van der Waals surface area contributed by atoms with Gasteiger partial charge in [-0.2, -0.15) is 0 Å². The lowest BCUT2D eigenvalue weighted by atomic mass is 10.0. The number of carbonyl (C=O) groups excluding carboxylic acids is 2. The van der Waals surface area contributed by atoms with Gasteiger partial charge >= 0.3 is 0 Å². The zero-order valence-electron chi connectivity index (χ0n) is 17.5. The predicted molar refractivity (Wildman–Crippen MR) is 119 cm³/mol. The number of rotatable bonds is 4. The molecule has 0 radical (unpaired) electrons. The maximum Gasteiger partial charge on any atom is 0.270 e. The Morgan fingerprint density at radius 3 is 2.67 bits per heavy atom. The Morgan fingerprint density at radius 2 is 1.88 bits per heavy atom. The molecule has 2 aromatic heterocycles. The normalized spacial score (nSPS) is 16.2. The second kappa shape index (κ2) is 8.44. The molecule has 5 rings (SSSR count). The Balaban J connectivity index is 1.40. The molecule has 0 bridgehead atoms. The van der Waals surface area contributed by atoms with Gasteiger partial charge in [0.1, 0.15) is 17.6 Å². The van der Waals surface area contributed by atoms with E-state index in [1.165, 1.54) is 12.1 Å². The van der Waals surface area contributed by atoms with E-state index in [1.807, 2.05) is 0 Å². The third-order valence-electron chi connectivity index (χ3n) is 5.64. The van der Waals surface area contributed by atoms with Crippen LogP contribution in [0.1, 0.15) is 32.6 Å². The molecule has 0 spiro atoms. The molecule has 0 saturated carbocycles. The van der Waals surface area contributed by atoms with E-state index < -0.39 is 12.0 Å². The van der Waals surface area contributed by atoms with Crippen LogP contribution >= 0.6 is 0 Å². The SMILES string of the molecule is NC(=O)c1ccc(-c2nccnc2[C@H]2CN(C(=O)c3cc4ccc(F)cc4[nH]3)CCO2)cc1. The van der Waals surface area contributed by atoms with E-state index in [9.17, 15) is 14.0 Å². The number of ether oxygens (including phenoxy) is 1. The molecule has 3 N–H and O–H groups in total. The number of morpholine rings is 1. The van der Waals surface area contributed by atoms with Gasteiger partial charge < -0.3 is 20.4 Å². The first-order valence-electron chi connectivity index (χ1n) is 10.4. The van der Waals surface area contributed by atoms with Gasteiger partial charge in [0.25, 0.3) is 5.91 Å². The number of halogens is 1. The van der Waals surface area contributed by atoms with Crippen LogP contribution in [-0.2, 0) is 4.74 Å². The Labute approximate surface area is 188 Å². The molecule has 9 heteroatoms. The third kappa shape index (κ3) is 4.06. The first-order valence-corrected chi connectivity index (χ1v) is 10.4. The summed E-state index contributed by atoms with van der Waals surface area (Å²) >= 11 is 0. The molecule has 33 heavy (non-hydrogen) atoms. The molecule has 3 heterocycles. The lowest BCUT2D eigenvalue weighted by molar-refractivity contribution is -0.0247. The van der Waals surface area contributed by atoms with Gasteiger partial charge in [0, 0.05) is 41.0 Å². The van der Waals surface area contributed by atoms with Crippen LogP contribution in [0.15, 0.2) is 60.9 Å². The first kappa shape index (κ1) is 20.8. The Morgan fingerprint density at radius 1 is 1.09 bits per heavy atom. The van der Waals surface area contributed by atoms with E-state index in [2.05, 4.69) is 15.0 Å². The van der Waals surface area contributed by atoms with Gasteiger partial charge in [-0.15, -0.1) is 0 Å². The van der Waals surface area contributed by atoms with Crippen LogP contribution in [0.5, 0.6) is 0 Å². The number of nitrogens with one attached hydrogen (secondary N) is 1. The van der Waals surface area contributed by atoms with Gasteiger partial charge in [0.2, 0.25) is 5.91 Å². The average Bonchev–Trinajstić information content (AvgIpc) is 3.27. The van der Waals surface area contributed by atoms with E-state index in [0.29, 0.717) is 41.3 Å². The highest BCUT2D eigenvalue weighted by molar-refractivity contribution is 5.98. The van der Waals surface area contributed by atoms with Crippen LogP contribution in [0.3, 0.4) is 0 Å². The highest BCUT2D eigenvalue weighted by Crippen LogP contribution is 2.30. The minimum absolute atomic E-state index is 0.198. The van der Waals surface area contributed by atoms with Crippen LogP contribution in [0.2, 0.25) is 0 Å². The van der Waals surface area contributed by atoms with E-state index in [1.54, 1.807) is 53.7 Å². The summed E-state index contributed by atoms with van der Waals surface area (Å²) in [6.45, 7) is 1.04. The fourth-order valence-corrected chi connectivity index (χ4v) is 3.98. The summed E-state index contributed by atoms with van der Waals surface area (Å²) in [5, 5.41) is 0.764. The molecule has 1 aliphatic rings. The van der Waals surface area contributed by atoms with Gasteiger partial charge in [-0.3, -0.25) is 19.6 Å². The fraction of sp³-hybridized carbons (Fsp3) is 0.167. The zero-order chi connectivity index (χ0) is 22.9. The summed E-state index contributed by atoms with van der Waals surface area (Å²) in [6, 6.07) is 12.8. The van der Waals surface area contributed by atoms with Gasteiger partial charge in [0.05, 0.1) is 24.5 Å². The average molecular weight is 445 g/mol. The van der Waals surface area contributed by atoms with Crippen LogP contribution in [0, 0.1) is 5.82 Å². The van der Waals surface area contributed by atoms with E-state index in [-0.39, 0.29) is 18.3 Å². The molecule has 1 aliphatic heterocycles. The molecule has 4 aromatic rings. The van der Waals surface area contributed by atoms with Gasteiger partial charge in [0.15, 0.2) is 0 Å². The highest BCUT2D eigenvalue weighted by atomic mass is 19.1. The summed E-state index contributed by atoms with van der Waals surface area (Å²) in [7, 11) is 0. The lowest BCUT2D eigenvalue weighted by Gasteiger charge is -2.33. The number of fused-ring (bicyclic) bond motifs is 1. The summed E-state index contributed by atoms with van der Waals surface area (Å²) < 4.78 is 19.5. The topological polar surface area (TPSA) is 114 Å². The summed E-state index contributed by atoms with van der Waals surface area (Å²) in [5.41, 5.74) is 8.64. The number of amides is 2. The molecule has 2 amide bonds. The molecular formula is C24H20FN5O3. The predicted octanol–water partition coefficient (Wildman–Crippen LogP) is 3.08. The van der Waals surface area contributed by atoms with Crippen molar-refractivity contribution < 1.29 is 18.7 Å². The van der Waals surface area contributed by atoms with Gasteiger partial charge in [-0.05, 0) is 36.4 Å². The molecule has 1 fully saturated rings. The van der Waals surface area contributed by atoms with E-state index >= 15 is 0 Å². The molecule has 1 saturated heterocycles. The molecule has 8 nitrogen and oxygen atoms in total. The minimum atomic E-state index is -0.509. The van der Waals surface area contributed by atoms with Crippen LogP contribution in [0.4, 0.5) is 4.39 Å². The van der Waals surface area contributed by atoms with Gasteiger partial charge in [-0.1, -0.05) is 12.1 Å². The van der Waals surface area contributed by atoms with Crippen LogP contribution < -0.4 is 5.73 Å². The second-order valence-electron chi connectivity index (χ2n) is 7.76. The summed E-state index contributed by atoms with van der Waals surface area (Å²) in [6.07, 6.45) is 2.67. The zero-order valence-corrected chi connectivity index (χ0v) is 17.5. The lowest BCUT2D eigenvalue weighted by Crippen LogP contribution is -2.42. The number of nitrogens with zero attached hydrogens (tertiary/aromatic N) is 3. The standard InChI is InChI=1S/C24H20FN5O3/c25-17-6-5-16-11-19(29-18(16)12-17)24(32)30-9-10-33-20(13-30)22-21(27-7-8-28-22)14-1-3-15(4-2-14)23(26)31/h1-8,11-12,20,29H,9-10,13H2,(H2,26,31)/t20-/m1/s1. The van der Waals surface area contributed by atoms with Crippen LogP contribution in [-0.4, -0.2) is 51.4 Å². The van der Waals surface area contributed by atoms with Crippen molar-refractivity contribution in [3.63, 3.8) is 0 Å². The molecular weight excluding hydrogens is 425 g/mol. The maximum absolute atomic E-state index is 13.5. The van der Waals surface area contributed by atoms with Crippen molar-refractivity contribution in [1.29, 1.82) is 0 Å². The van der Waals surface area contributed by atoms with Crippen molar-refractivity contribution in [2.75, 3.05) is 19.7 Å². The number of hydrogen-bond acceptors (Lipinski definition) is 5. The molecule has 1 atom stereocenters. The monoisotopic (exact) mass is 445 g/mol. The molecule has 0 unspecified atom stereocenters. The van der Waals surface area contributed by atoms with E-state index in [4.69, 9.17) is 10.5 Å². The Bertz CT molecular complexity index is 1350. The maximum atomic E-state index is 13.5. The highest BCUT2D eigenvalue weighted by Gasteiger charge is 2.30. The number of primary amides is 1. The molecule has 0 aliphatic carbocycles. The van der Waals surface area contributed by atoms with Crippen LogP contribution in [0.25, 0.3) is 22.2 Å². The van der Waals surface area contributed by atoms with Crippen molar-refractivity contribution in [1.82, 2.24) is 19.9 Å². The number of H-pyrrole nitrogens is 1. The summed E-state index contributed by atoms with van der Waals surface area (Å²) in [4.78, 5) is 38.1.